The van der Waals surface area contributed by atoms with Crippen molar-refractivity contribution in [1.82, 2.24) is 0 Å². The van der Waals surface area contributed by atoms with Crippen molar-refractivity contribution in [3.63, 3.8) is 0 Å². The Bertz CT molecular complexity index is 193. The van der Waals surface area contributed by atoms with Gasteiger partial charge in [0.05, 0.1) is 6.61 Å². The standard InChI is InChI=1S/C14H27FO/c1-6-8-12(3)9-14(4,11-16-5)10-13(15)7-2/h6,12-13H,1,7-11H2,2-5H3/t12-,13-,14-/m1/s1. The Morgan fingerprint density at radius 1 is 1.44 bits per heavy atom. The summed E-state index contributed by atoms with van der Waals surface area (Å²) in [5.74, 6) is 0.543. The van der Waals surface area contributed by atoms with Gasteiger partial charge in [0.15, 0.2) is 0 Å². The molecule has 1 nitrogen and oxygen atoms in total. The third kappa shape index (κ3) is 6.26. The maximum absolute atomic E-state index is 13.5. The van der Waals surface area contributed by atoms with Crippen LogP contribution in [-0.4, -0.2) is 19.9 Å². The maximum Gasteiger partial charge on any atom is 0.100 e. The summed E-state index contributed by atoms with van der Waals surface area (Å²) in [6.07, 6.45) is 4.39. The van der Waals surface area contributed by atoms with E-state index in [0.717, 1.165) is 12.8 Å². The Morgan fingerprint density at radius 3 is 2.50 bits per heavy atom. The van der Waals surface area contributed by atoms with Crippen LogP contribution in [0.2, 0.25) is 0 Å². The van der Waals surface area contributed by atoms with Gasteiger partial charge < -0.3 is 4.74 Å². The molecule has 96 valence electrons. The van der Waals surface area contributed by atoms with Crippen LogP contribution in [0.3, 0.4) is 0 Å². The SMILES string of the molecule is C=CC[C@@H](C)C[C@@](C)(COC)C[C@H](F)CC. The van der Waals surface area contributed by atoms with Crippen LogP contribution >= 0.6 is 0 Å². The van der Waals surface area contributed by atoms with E-state index in [1.165, 1.54) is 0 Å². The Hall–Kier alpha value is -0.370. The fourth-order valence-electron chi connectivity index (χ4n) is 2.44. The van der Waals surface area contributed by atoms with E-state index in [-0.39, 0.29) is 5.41 Å². The summed E-state index contributed by atoms with van der Waals surface area (Å²) in [5.41, 5.74) is -0.0490. The fourth-order valence-corrected chi connectivity index (χ4v) is 2.44. The molecule has 0 rings (SSSR count). The van der Waals surface area contributed by atoms with E-state index in [2.05, 4.69) is 20.4 Å². The van der Waals surface area contributed by atoms with Gasteiger partial charge in [-0.25, -0.2) is 4.39 Å². The van der Waals surface area contributed by atoms with Gasteiger partial charge in [0.2, 0.25) is 0 Å². The van der Waals surface area contributed by atoms with Crippen LogP contribution in [0.15, 0.2) is 12.7 Å². The second-order valence-electron chi connectivity index (χ2n) is 5.29. The van der Waals surface area contributed by atoms with Crippen molar-refractivity contribution in [2.75, 3.05) is 13.7 Å². The van der Waals surface area contributed by atoms with E-state index < -0.39 is 6.17 Å². The molecule has 0 saturated heterocycles. The number of hydrogen-bond acceptors (Lipinski definition) is 1. The van der Waals surface area contributed by atoms with Crippen molar-refractivity contribution >= 4 is 0 Å². The molecule has 0 spiro atoms. The molecule has 0 heterocycles. The van der Waals surface area contributed by atoms with Crippen molar-refractivity contribution < 1.29 is 9.13 Å². The minimum absolute atomic E-state index is 0.0490. The van der Waals surface area contributed by atoms with Crippen molar-refractivity contribution in [3.05, 3.63) is 12.7 Å². The highest BCUT2D eigenvalue weighted by Crippen LogP contribution is 2.34. The lowest BCUT2D eigenvalue weighted by atomic mass is 9.77. The maximum atomic E-state index is 13.5. The summed E-state index contributed by atoms with van der Waals surface area (Å²) in [4.78, 5) is 0. The lowest BCUT2D eigenvalue weighted by Gasteiger charge is -2.32. The molecule has 0 N–H and O–H groups in total. The fraction of sp³-hybridized carbons (Fsp3) is 0.857. The summed E-state index contributed by atoms with van der Waals surface area (Å²) >= 11 is 0. The highest BCUT2D eigenvalue weighted by Gasteiger charge is 2.29. The van der Waals surface area contributed by atoms with Gasteiger partial charge in [0.1, 0.15) is 6.17 Å². The molecule has 0 aliphatic rings. The minimum Gasteiger partial charge on any atom is -0.384 e. The van der Waals surface area contributed by atoms with Crippen molar-refractivity contribution in [3.8, 4) is 0 Å². The van der Waals surface area contributed by atoms with E-state index in [0.29, 0.717) is 25.4 Å². The van der Waals surface area contributed by atoms with Crippen LogP contribution in [-0.2, 0) is 4.74 Å². The van der Waals surface area contributed by atoms with Gasteiger partial charge in [0, 0.05) is 7.11 Å². The molecular weight excluding hydrogens is 203 g/mol. The average molecular weight is 230 g/mol. The quantitative estimate of drug-likeness (QED) is 0.534. The molecule has 0 aliphatic heterocycles. The van der Waals surface area contributed by atoms with Gasteiger partial charge in [-0.2, -0.15) is 0 Å². The highest BCUT2D eigenvalue weighted by molar-refractivity contribution is 4.82. The van der Waals surface area contributed by atoms with Crippen LogP contribution in [0.4, 0.5) is 4.39 Å². The molecular formula is C14H27FO. The number of halogens is 1. The topological polar surface area (TPSA) is 9.23 Å². The van der Waals surface area contributed by atoms with Crippen molar-refractivity contribution in [2.45, 2.75) is 52.6 Å². The lowest BCUT2D eigenvalue weighted by molar-refractivity contribution is 0.0466. The number of rotatable bonds is 9. The average Bonchev–Trinajstić information content (AvgIpc) is 2.17. The lowest BCUT2D eigenvalue weighted by Crippen LogP contribution is -2.28. The number of allylic oxidation sites excluding steroid dienone is 1. The molecule has 2 heteroatoms. The Kier molecular flexibility index (Phi) is 7.65. The summed E-state index contributed by atoms with van der Waals surface area (Å²) < 4.78 is 18.8. The molecule has 0 aliphatic carbocycles. The van der Waals surface area contributed by atoms with Crippen molar-refractivity contribution in [1.29, 1.82) is 0 Å². The van der Waals surface area contributed by atoms with Gasteiger partial charge in [-0.15, -0.1) is 6.58 Å². The molecule has 0 aromatic rings. The molecule has 0 radical (unpaired) electrons. The number of hydrogen-bond donors (Lipinski definition) is 0. The summed E-state index contributed by atoms with van der Waals surface area (Å²) in [5, 5.41) is 0. The summed E-state index contributed by atoms with van der Waals surface area (Å²) in [7, 11) is 1.69. The third-order valence-corrected chi connectivity index (χ3v) is 3.06. The second kappa shape index (κ2) is 7.83. The Labute approximate surface area is 100 Å². The molecule has 0 saturated carbocycles. The van der Waals surface area contributed by atoms with Crippen LogP contribution in [0.25, 0.3) is 0 Å². The van der Waals surface area contributed by atoms with Crippen LogP contribution in [0, 0.1) is 11.3 Å². The molecule has 0 bridgehead atoms. The van der Waals surface area contributed by atoms with Crippen LogP contribution in [0.5, 0.6) is 0 Å². The molecule has 0 aromatic heterocycles. The van der Waals surface area contributed by atoms with Gasteiger partial charge in [-0.3, -0.25) is 0 Å². The molecule has 16 heavy (non-hydrogen) atoms. The molecule has 0 aromatic carbocycles. The van der Waals surface area contributed by atoms with Gasteiger partial charge >= 0.3 is 0 Å². The predicted octanol–water partition coefficient (Wildman–Crippen LogP) is 4.38. The predicted molar refractivity (Wildman–Crippen MR) is 68.4 cm³/mol. The normalized spacial score (nSPS) is 18.8. The Morgan fingerprint density at radius 2 is 2.06 bits per heavy atom. The van der Waals surface area contributed by atoms with E-state index >= 15 is 0 Å². The first-order valence-electron chi connectivity index (χ1n) is 6.21. The summed E-state index contributed by atoms with van der Waals surface area (Å²) in [6.45, 7) is 10.6. The monoisotopic (exact) mass is 230 g/mol. The van der Waals surface area contributed by atoms with Crippen LogP contribution in [0.1, 0.15) is 46.5 Å². The van der Waals surface area contributed by atoms with E-state index in [1.807, 2.05) is 13.0 Å². The van der Waals surface area contributed by atoms with Gasteiger partial charge in [0.25, 0.3) is 0 Å². The smallest absolute Gasteiger partial charge is 0.100 e. The van der Waals surface area contributed by atoms with Crippen molar-refractivity contribution in [2.24, 2.45) is 11.3 Å². The largest absolute Gasteiger partial charge is 0.384 e. The first-order chi connectivity index (χ1) is 7.47. The van der Waals surface area contributed by atoms with E-state index in [9.17, 15) is 4.39 Å². The first kappa shape index (κ1) is 15.6. The van der Waals surface area contributed by atoms with E-state index in [4.69, 9.17) is 4.74 Å². The summed E-state index contributed by atoms with van der Waals surface area (Å²) in [6, 6.07) is 0. The second-order valence-corrected chi connectivity index (χ2v) is 5.29. The van der Waals surface area contributed by atoms with Gasteiger partial charge in [-0.1, -0.05) is 26.8 Å². The number of methoxy groups -OCH3 is 1. The minimum atomic E-state index is -0.712. The van der Waals surface area contributed by atoms with Crippen LogP contribution < -0.4 is 0 Å². The Balaban J connectivity index is 4.35. The number of ether oxygens (including phenoxy) is 1. The van der Waals surface area contributed by atoms with E-state index in [1.54, 1.807) is 7.11 Å². The zero-order valence-electron chi connectivity index (χ0n) is 11.3. The van der Waals surface area contributed by atoms with Gasteiger partial charge in [-0.05, 0) is 37.0 Å². The first-order valence-corrected chi connectivity index (χ1v) is 6.21. The third-order valence-electron chi connectivity index (χ3n) is 3.06. The highest BCUT2D eigenvalue weighted by atomic mass is 19.1. The molecule has 0 fully saturated rings. The zero-order chi connectivity index (χ0) is 12.6. The molecule has 0 unspecified atom stereocenters. The molecule has 3 atom stereocenters. The number of alkyl halides is 1. The molecule has 0 amide bonds. The zero-order valence-corrected chi connectivity index (χ0v) is 11.3.